The molecule has 2 aromatic heterocycles. The maximum Gasteiger partial charge on any atom is 0.208 e. The van der Waals surface area contributed by atoms with Gasteiger partial charge in [0.2, 0.25) is 5.95 Å². The zero-order valence-electron chi connectivity index (χ0n) is 7.32. The van der Waals surface area contributed by atoms with Crippen LogP contribution >= 0.6 is 15.9 Å². The zero-order chi connectivity index (χ0) is 10.1. The minimum atomic E-state index is 0.385. The number of rotatable bonds is 1. The van der Waals surface area contributed by atoms with Crippen molar-refractivity contribution in [1.82, 2.24) is 14.4 Å². The first kappa shape index (κ1) is 8.97. The first-order valence-electron chi connectivity index (χ1n) is 3.87. The molecule has 0 bridgehead atoms. The lowest BCUT2D eigenvalue weighted by Gasteiger charge is -2.03. The molecule has 2 aromatic rings. The minimum Gasteiger partial charge on any atom is -0.358 e. The van der Waals surface area contributed by atoms with Crippen LogP contribution in [0.2, 0.25) is 0 Å². The Balaban J connectivity index is 2.89. The van der Waals surface area contributed by atoms with Crippen LogP contribution < -0.4 is 5.32 Å². The van der Waals surface area contributed by atoms with Crippen LogP contribution in [0.1, 0.15) is 5.69 Å². The molecule has 1 N–H and O–H groups in total. The van der Waals surface area contributed by atoms with E-state index >= 15 is 0 Å². The fraction of sp³-hybridized carbons (Fsp3) is 0.125. The highest BCUT2D eigenvalue weighted by Crippen LogP contribution is 2.22. The van der Waals surface area contributed by atoms with Crippen LogP contribution in [0.3, 0.4) is 0 Å². The summed E-state index contributed by atoms with van der Waals surface area (Å²) in [4.78, 5) is 8.10. The van der Waals surface area contributed by atoms with Crippen LogP contribution in [0.5, 0.6) is 0 Å². The number of anilines is 1. The van der Waals surface area contributed by atoms with E-state index in [-0.39, 0.29) is 0 Å². The second kappa shape index (κ2) is 3.27. The second-order valence-corrected chi connectivity index (χ2v) is 3.46. The van der Waals surface area contributed by atoms with Crippen molar-refractivity contribution in [2.45, 2.75) is 0 Å². The van der Waals surface area contributed by atoms with Crippen molar-refractivity contribution in [3.63, 3.8) is 0 Å². The number of nitrogens with zero attached hydrogens (tertiary/aromatic N) is 4. The molecule has 0 saturated carbocycles. The number of nitriles is 1. The van der Waals surface area contributed by atoms with Gasteiger partial charge in [0.05, 0.1) is 4.47 Å². The highest BCUT2D eigenvalue weighted by Gasteiger charge is 2.10. The minimum absolute atomic E-state index is 0.385. The third kappa shape index (κ3) is 1.14. The Bertz CT molecular complexity index is 524. The third-order valence-corrected chi connectivity index (χ3v) is 2.43. The fourth-order valence-electron chi connectivity index (χ4n) is 1.25. The summed E-state index contributed by atoms with van der Waals surface area (Å²) in [6, 6.07) is 2.02. The second-order valence-electron chi connectivity index (χ2n) is 2.60. The van der Waals surface area contributed by atoms with Gasteiger partial charge in [-0.15, -0.1) is 0 Å². The molecule has 0 unspecified atom stereocenters. The smallest absolute Gasteiger partial charge is 0.208 e. The summed E-state index contributed by atoms with van der Waals surface area (Å²) in [7, 11) is 1.77. The van der Waals surface area contributed by atoms with Crippen molar-refractivity contribution in [3.05, 3.63) is 22.7 Å². The number of fused-ring (bicyclic) bond motifs is 1. The summed E-state index contributed by atoms with van der Waals surface area (Å²) in [6.45, 7) is 0. The van der Waals surface area contributed by atoms with Gasteiger partial charge >= 0.3 is 0 Å². The predicted molar refractivity (Wildman–Crippen MR) is 54.9 cm³/mol. The van der Waals surface area contributed by atoms with E-state index in [2.05, 4.69) is 31.2 Å². The molecule has 0 aromatic carbocycles. The number of nitrogens with one attached hydrogen (secondary N) is 1. The van der Waals surface area contributed by atoms with E-state index in [9.17, 15) is 0 Å². The van der Waals surface area contributed by atoms with Crippen LogP contribution in [0.25, 0.3) is 5.52 Å². The predicted octanol–water partition coefficient (Wildman–Crippen LogP) is 1.41. The number of hydrogen-bond acceptors (Lipinski definition) is 4. The van der Waals surface area contributed by atoms with E-state index in [1.165, 1.54) is 0 Å². The third-order valence-electron chi connectivity index (χ3n) is 1.85. The molecule has 0 spiro atoms. The van der Waals surface area contributed by atoms with E-state index in [1.54, 1.807) is 24.0 Å². The van der Waals surface area contributed by atoms with Crippen LogP contribution in [0, 0.1) is 11.3 Å². The summed E-state index contributed by atoms with van der Waals surface area (Å²) < 4.78 is 2.48. The summed E-state index contributed by atoms with van der Waals surface area (Å²) in [5.74, 6) is 0.650. The monoisotopic (exact) mass is 251 g/mol. The SMILES string of the molecule is CNc1ncc(Br)c2c(C#N)ncn12. The van der Waals surface area contributed by atoms with Crippen LogP contribution in [0.4, 0.5) is 5.95 Å². The molecular formula is C8H6BrN5. The van der Waals surface area contributed by atoms with Gasteiger partial charge in [0.25, 0.3) is 0 Å². The molecule has 6 heteroatoms. The lowest BCUT2D eigenvalue weighted by atomic mass is 10.4. The van der Waals surface area contributed by atoms with Gasteiger partial charge in [0, 0.05) is 13.2 Å². The van der Waals surface area contributed by atoms with E-state index in [0.717, 1.165) is 9.99 Å². The van der Waals surface area contributed by atoms with Gasteiger partial charge in [-0.2, -0.15) is 5.26 Å². The Labute approximate surface area is 88.5 Å². The molecule has 0 radical (unpaired) electrons. The molecule has 0 fully saturated rings. The van der Waals surface area contributed by atoms with Gasteiger partial charge < -0.3 is 5.32 Å². The van der Waals surface area contributed by atoms with Crippen LogP contribution in [-0.4, -0.2) is 21.4 Å². The first-order chi connectivity index (χ1) is 6.77. The molecule has 2 rings (SSSR count). The first-order valence-corrected chi connectivity index (χ1v) is 4.66. The summed E-state index contributed by atoms with van der Waals surface area (Å²) in [5, 5.41) is 11.7. The van der Waals surface area contributed by atoms with E-state index in [4.69, 9.17) is 5.26 Å². The molecule has 5 nitrogen and oxygen atoms in total. The highest BCUT2D eigenvalue weighted by molar-refractivity contribution is 9.10. The Kier molecular flexibility index (Phi) is 2.09. The highest BCUT2D eigenvalue weighted by atomic mass is 79.9. The standard InChI is InChI=1S/C8H6BrN5/c1-11-8-12-3-5(9)7-6(2-10)13-4-14(7)8/h3-4H,1H3,(H,11,12). The van der Waals surface area contributed by atoms with Crippen molar-refractivity contribution in [2.75, 3.05) is 12.4 Å². The van der Waals surface area contributed by atoms with Gasteiger partial charge in [-0.25, -0.2) is 9.97 Å². The van der Waals surface area contributed by atoms with Crippen LogP contribution in [-0.2, 0) is 0 Å². The van der Waals surface area contributed by atoms with Crippen molar-refractivity contribution in [3.8, 4) is 6.07 Å². The number of imidazole rings is 1. The van der Waals surface area contributed by atoms with Gasteiger partial charge in [0.15, 0.2) is 5.69 Å². The Morgan fingerprint density at radius 3 is 3.00 bits per heavy atom. The van der Waals surface area contributed by atoms with Gasteiger partial charge in [-0.1, -0.05) is 0 Å². The van der Waals surface area contributed by atoms with Crippen LogP contribution in [0.15, 0.2) is 17.0 Å². The van der Waals surface area contributed by atoms with E-state index < -0.39 is 0 Å². The molecule has 0 aliphatic rings. The number of hydrogen-bond donors (Lipinski definition) is 1. The lowest BCUT2D eigenvalue weighted by molar-refractivity contribution is 1.06. The molecule has 0 aliphatic heterocycles. The van der Waals surface area contributed by atoms with Crippen molar-refractivity contribution < 1.29 is 0 Å². The van der Waals surface area contributed by atoms with Crippen molar-refractivity contribution >= 4 is 27.4 Å². The number of halogens is 1. The summed E-state index contributed by atoms with van der Waals surface area (Å²) >= 11 is 3.33. The quantitative estimate of drug-likeness (QED) is 0.833. The van der Waals surface area contributed by atoms with Gasteiger partial charge in [-0.3, -0.25) is 4.40 Å². The average Bonchev–Trinajstić information content (AvgIpc) is 2.63. The van der Waals surface area contributed by atoms with E-state index in [1.807, 2.05) is 6.07 Å². The molecule has 0 saturated heterocycles. The van der Waals surface area contributed by atoms with Gasteiger partial charge in [-0.05, 0) is 15.9 Å². The lowest BCUT2D eigenvalue weighted by Crippen LogP contribution is -2.00. The molecule has 0 amide bonds. The molecule has 70 valence electrons. The topological polar surface area (TPSA) is 66.0 Å². The van der Waals surface area contributed by atoms with E-state index in [0.29, 0.717) is 11.6 Å². The molecule has 0 aliphatic carbocycles. The maximum absolute atomic E-state index is 8.83. The zero-order valence-corrected chi connectivity index (χ0v) is 8.91. The van der Waals surface area contributed by atoms with Crippen molar-refractivity contribution in [2.24, 2.45) is 0 Å². The molecular weight excluding hydrogens is 246 g/mol. The number of aromatic nitrogens is 3. The Morgan fingerprint density at radius 1 is 1.57 bits per heavy atom. The summed E-state index contributed by atoms with van der Waals surface area (Å²) in [5.41, 5.74) is 1.11. The molecule has 0 atom stereocenters. The largest absolute Gasteiger partial charge is 0.358 e. The maximum atomic E-state index is 8.83. The molecule has 14 heavy (non-hydrogen) atoms. The fourth-order valence-corrected chi connectivity index (χ4v) is 1.73. The van der Waals surface area contributed by atoms with Crippen molar-refractivity contribution in [1.29, 1.82) is 5.26 Å². The average molecular weight is 252 g/mol. The Morgan fingerprint density at radius 2 is 2.36 bits per heavy atom. The Hall–Kier alpha value is -1.61. The summed E-state index contributed by atoms with van der Waals surface area (Å²) in [6.07, 6.45) is 3.21. The normalized spacial score (nSPS) is 10.1. The molecule has 2 heterocycles. The van der Waals surface area contributed by atoms with Gasteiger partial charge in [0.1, 0.15) is 17.9 Å².